The number of hydrogen-bond donors (Lipinski definition) is 2. The van der Waals surface area contributed by atoms with Crippen LogP contribution in [0.15, 0.2) is 18.2 Å². The second kappa shape index (κ2) is 6.15. The normalized spacial score (nSPS) is 21.4. The van der Waals surface area contributed by atoms with Crippen LogP contribution in [0.3, 0.4) is 0 Å². The molecule has 4 nitrogen and oxygen atoms in total. The maximum Gasteiger partial charge on any atom is 0.433 e. The fraction of sp³-hybridized carbons (Fsp3) is 0.538. The highest BCUT2D eigenvalue weighted by Gasteiger charge is 2.42. The number of rotatable bonds is 3. The number of amides is 1. The Morgan fingerprint density at radius 3 is 2.77 bits per heavy atom. The summed E-state index contributed by atoms with van der Waals surface area (Å²) in [6, 6.07) is 1.77. The molecule has 0 saturated carbocycles. The highest BCUT2D eigenvalue weighted by molar-refractivity contribution is 5.78. The first-order valence-electron chi connectivity index (χ1n) is 6.59. The van der Waals surface area contributed by atoms with Crippen molar-refractivity contribution in [3.63, 3.8) is 0 Å². The molecule has 9 heteroatoms. The van der Waals surface area contributed by atoms with Crippen LogP contribution in [0.25, 0.3) is 0 Å². The molecule has 2 heterocycles. The Morgan fingerprint density at radius 2 is 2.14 bits per heavy atom. The zero-order chi connectivity index (χ0) is 16.4. The van der Waals surface area contributed by atoms with Crippen LogP contribution in [0.1, 0.15) is 17.8 Å². The van der Waals surface area contributed by atoms with E-state index in [1.54, 1.807) is 0 Å². The molecule has 1 aromatic rings. The summed E-state index contributed by atoms with van der Waals surface area (Å²) in [7, 11) is 0. The summed E-state index contributed by atoms with van der Waals surface area (Å²) in [6.07, 6.45) is -5.51. The Hall–Kier alpha value is -1.77. The van der Waals surface area contributed by atoms with Crippen molar-refractivity contribution in [2.75, 3.05) is 13.1 Å². The van der Waals surface area contributed by atoms with Crippen molar-refractivity contribution in [3.8, 4) is 0 Å². The van der Waals surface area contributed by atoms with Gasteiger partial charge in [0.05, 0.1) is 12.1 Å². The lowest BCUT2D eigenvalue weighted by Gasteiger charge is -2.32. The molecule has 0 unspecified atom stereocenters. The van der Waals surface area contributed by atoms with Gasteiger partial charge < -0.3 is 10.6 Å². The molecule has 1 aliphatic rings. The molecule has 0 spiro atoms. The molecule has 2 rings (SSSR count). The van der Waals surface area contributed by atoms with Gasteiger partial charge in [0.15, 0.2) is 0 Å². The van der Waals surface area contributed by atoms with E-state index in [1.807, 2.05) is 0 Å². The zero-order valence-corrected chi connectivity index (χ0v) is 11.4. The quantitative estimate of drug-likeness (QED) is 0.834. The molecule has 1 aliphatic heterocycles. The monoisotopic (exact) mass is 323 g/mol. The highest BCUT2D eigenvalue weighted by atomic mass is 19.4. The second-order valence-electron chi connectivity index (χ2n) is 5.02. The van der Waals surface area contributed by atoms with Crippen LogP contribution in [-0.4, -0.2) is 35.9 Å². The number of alkyl halides is 5. The van der Waals surface area contributed by atoms with Crippen molar-refractivity contribution in [3.05, 3.63) is 29.6 Å². The van der Waals surface area contributed by atoms with Gasteiger partial charge in [-0.2, -0.15) is 13.2 Å². The number of aromatic nitrogens is 1. The number of nitrogens with zero attached hydrogens (tertiary/aromatic N) is 1. The maximum absolute atomic E-state index is 13.6. The first-order chi connectivity index (χ1) is 10.2. The summed E-state index contributed by atoms with van der Waals surface area (Å²) >= 11 is 0. The molecule has 0 aliphatic carbocycles. The molecular weight excluding hydrogens is 309 g/mol. The van der Waals surface area contributed by atoms with Crippen molar-refractivity contribution in [1.82, 2.24) is 15.6 Å². The minimum absolute atomic E-state index is 0.0885. The fourth-order valence-electron chi connectivity index (χ4n) is 2.13. The molecule has 1 amide bonds. The summed E-state index contributed by atoms with van der Waals surface area (Å²) in [4.78, 5) is 15.1. The van der Waals surface area contributed by atoms with E-state index in [2.05, 4.69) is 15.6 Å². The molecule has 1 saturated heterocycles. The first-order valence-corrected chi connectivity index (χ1v) is 6.59. The summed E-state index contributed by atoms with van der Waals surface area (Å²) in [6.45, 7) is 0.0588. The smallest absolute Gasteiger partial charge is 0.346 e. The van der Waals surface area contributed by atoms with Gasteiger partial charge in [0.25, 0.3) is 5.92 Å². The second-order valence-corrected chi connectivity index (χ2v) is 5.02. The van der Waals surface area contributed by atoms with Gasteiger partial charge in [0.2, 0.25) is 5.91 Å². The van der Waals surface area contributed by atoms with E-state index in [9.17, 15) is 26.7 Å². The van der Waals surface area contributed by atoms with Gasteiger partial charge in [-0.25, -0.2) is 13.8 Å². The SMILES string of the molecule is O=C(Cc1cccc(C(F)(F)F)n1)N[C@@H]1CNCCC1(F)F. The molecule has 1 atom stereocenters. The Labute approximate surface area is 123 Å². The van der Waals surface area contributed by atoms with Crippen LogP contribution >= 0.6 is 0 Å². The molecule has 0 aromatic carbocycles. The number of nitrogens with one attached hydrogen (secondary N) is 2. The van der Waals surface area contributed by atoms with Crippen LogP contribution in [-0.2, 0) is 17.4 Å². The van der Waals surface area contributed by atoms with E-state index in [0.717, 1.165) is 12.1 Å². The van der Waals surface area contributed by atoms with Crippen LogP contribution in [0.4, 0.5) is 22.0 Å². The highest BCUT2D eigenvalue weighted by Crippen LogP contribution is 2.27. The molecule has 0 bridgehead atoms. The van der Waals surface area contributed by atoms with Crippen LogP contribution < -0.4 is 10.6 Å². The van der Waals surface area contributed by atoms with Crippen molar-refractivity contribution >= 4 is 5.91 Å². The van der Waals surface area contributed by atoms with Gasteiger partial charge in [0, 0.05) is 19.5 Å². The largest absolute Gasteiger partial charge is 0.433 e. The number of piperidine rings is 1. The number of halogens is 5. The number of carbonyl (C=O) groups excluding carboxylic acids is 1. The summed E-state index contributed by atoms with van der Waals surface area (Å²) in [5.41, 5.74) is -1.25. The molecule has 2 N–H and O–H groups in total. The Kier molecular flexibility index (Phi) is 4.64. The van der Waals surface area contributed by atoms with Crippen molar-refractivity contribution < 1.29 is 26.7 Å². The lowest BCUT2D eigenvalue weighted by molar-refractivity contribution is -0.141. The molecular formula is C13H14F5N3O. The van der Waals surface area contributed by atoms with Crippen molar-refractivity contribution in [1.29, 1.82) is 0 Å². The number of hydrogen-bond acceptors (Lipinski definition) is 3. The Balaban J connectivity index is 2.00. The lowest BCUT2D eigenvalue weighted by Crippen LogP contribution is -2.57. The van der Waals surface area contributed by atoms with Crippen LogP contribution in [0, 0.1) is 0 Å². The number of carbonyl (C=O) groups is 1. The average Bonchev–Trinajstić information content (AvgIpc) is 2.40. The average molecular weight is 323 g/mol. The third-order valence-corrected chi connectivity index (χ3v) is 3.27. The molecule has 122 valence electrons. The maximum atomic E-state index is 13.6. The van der Waals surface area contributed by atoms with E-state index < -0.39 is 42.6 Å². The Morgan fingerprint density at radius 1 is 1.41 bits per heavy atom. The van der Waals surface area contributed by atoms with E-state index in [0.29, 0.717) is 0 Å². The first kappa shape index (κ1) is 16.6. The molecule has 0 radical (unpaired) electrons. The summed E-state index contributed by atoms with van der Waals surface area (Å²) in [5.74, 6) is -3.83. The van der Waals surface area contributed by atoms with Crippen LogP contribution in [0.2, 0.25) is 0 Å². The van der Waals surface area contributed by atoms with Gasteiger partial charge in [-0.05, 0) is 12.1 Å². The minimum Gasteiger partial charge on any atom is -0.346 e. The topological polar surface area (TPSA) is 54.0 Å². The third kappa shape index (κ3) is 4.12. The van der Waals surface area contributed by atoms with Gasteiger partial charge in [0.1, 0.15) is 11.7 Å². The van der Waals surface area contributed by atoms with E-state index in [-0.39, 0.29) is 18.8 Å². The fourth-order valence-corrected chi connectivity index (χ4v) is 2.13. The van der Waals surface area contributed by atoms with Crippen molar-refractivity contribution in [2.45, 2.75) is 31.0 Å². The van der Waals surface area contributed by atoms with Gasteiger partial charge >= 0.3 is 6.18 Å². The van der Waals surface area contributed by atoms with Crippen LogP contribution in [0.5, 0.6) is 0 Å². The summed E-state index contributed by atoms with van der Waals surface area (Å²) < 4.78 is 64.7. The predicted octanol–water partition coefficient (Wildman–Crippen LogP) is 1.76. The van der Waals surface area contributed by atoms with E-state index in [4.69, 9.17) is 0 Å². The van der Waals surface area contributed by atoms with E-state index >= 15 is 0 Å². The third-order valence-electron chi connectivity index (χ3n) is 3.27. The van der Waals surface area contributed by atoms with Gasteiger partial charge in [-0.15, -0.1) is 0 Å². The lowest BCUT2D eigenvalue weighted by atomic mass is 10.0. The molecule has 22 heavy (non-hydrogen) atoms. The Bertz CT molecular complexity index is 547. The standard InChI is InChI=1S/C13H14F5N3O/c14-12(15)4-5-19-7-10(12)21-11(22)6-8-2-1-3-9(20-8)13(16,17)18/h1-3,10,19H,4-7H2,(H,21,22)/t10-/m1/s1. The minimum atomic E-state index is -4.62. The number of pyridine rings is 1. The molecule has 1 fully saturated rings. The molecule has 1 aromatic heterocycles. The zero-order valence-electron chi connectivity index (χ0n) is 11.4. The summed E-state index contributed by atoms with van der Waals surface area (Å²) in [5, 5.41) is 4.87. The van der Waals surface area contributed by atoms with Gasteiger partial charge in [-0.1, -0.05) is 6.07 Å². The van der Waals surface area contributed by atoms with E-state index in [1.165, 1.54) is 6.07 Å². The van der Waals surface area contributed by atoms with Gasteiger partial charge in [-0.3, -0.25) is 4.79 Å². The van der Waals surface area contributed by atoms with Crippen molar-refractivity contribution in [2.24, 2.45) is 0 Å². The predicted molar refractivity (Wildman–Crippen MR) is 67.3 cm³/mol.